The highest BCUT2D eigenvalue weighted by Crippen LogP contribution is 2.27. The van der Waals surface area contributed by atoms with E-state index in [0.717, 1.165) is 17.8 Å². The van der Waals surface area contributed by atoms with Gasteiger partial charge < -0.3 is 10.4 Å². The molecule has 104 valence electrons. The van der Waals surface area contributed by atoms with Gasteiger partial charge in [-0.3, -0.25) is 0 Å². The first-order valence-electron chi connectivity index (χ1n) is 6.33. The van der Waals surface area contributed by atoms with Crippen LogP contribution >= 0.6 is 11.8 Å². The fourth-order valence-electron chi connectivity index (χ4n) is 1.93. The van der Waals surface area contributed by atoms with E-state index in [9.17, 15) is 9.90 Å². The van der Waals surface area contributed by atoms with Gasteiger partial charge in [-0.25, -0.2) is 14.8 Å². The Kier molecular flexibility index (Phi) is 4.10. The Bertz CT molecular complexity index is 497. The molecule has 1 aromatic heterocycles. The standard InChI is InChI=1S/C13H19N3O2S/c1-13(2,3)19-7-10-15-9-6-14-5-4-8(9)11(16-10)12(17)18/h14H,4-7H2,1-3H3,(H,17,18). The number of carboxylic acids is 1. The molecule has 0 bridgehead atoms. The van der Waals surface area contributed by atoms with E-state index in [1.54, 1.807) is 11.8 Å². The summed E-state index contributed by atoms with van der Waals surface area (Å²) in [6.07, 6.45) is 0.684. The molecule has 1 aromatic rings. The Hall–Kier alpha value is -1.14. The summed E-state index contributed by atoms with van der Waals surface area (Å²) in [4.78, 5) is 20.0. The van der Waals surface area contributed by atoms with Crippen LogP contribution in [0.5, 0.6) is 0 Å². The van der Waals surface area contributed by atoms with Crippen LogP contribution in [-0.2, 0) is 18.7 Å². The second-order valence-corrected chi connectivity index (χ2v) is 7.35. The molecule has 0 saturated carbocycles. The molecule has 0 spiro atoms. The van der Waals surface area contributed by atoms with Crippen LogP contribution in [0.1, 0.15) is 48.3 Å². The lowest BCUT2D eigenvalue weighted by molar-refractivity contribution is 0.0688. The molecule has 0 amide bonds. The molecule has 5 nitrogen and oxygen atoms in total. The quantitative estimate of drug-likeness (QED) is 0.880. The Morgan fingerprint density at radius 1 is 1.42 bits per heavy atom. The number of aromatic nitrogens is 2. The summed E-state index contributed by atoms with van der Waals surface area (Å²) in [6, 6.07) is 0. The van der Waals surface area contributed by atoms with Crippen LogP contribution in [0.25, 0.3) is 0 Å². The monoisotopic (exact) mass is 281 g/mol. The van der Waals surface area contributed by atoms with Gasteiger partial charge in [-0.15, -0.1) is 11.8 Å². The van der Waals surface area contributed by atoms with Gasteiger partial charge in [0.25, 0.3) is 0 Å². The number of hydrogen-bond donors (Lipinski definition) is 2. The number of nitrogens with zero attached hydrogens (tertiary/aromatic N) is 2. The molecule has 0 aliphatic carbocycles. The van der Waals surface area contributed by atoms with Crippen molar-refractivity contribution in [3.8, 4) is 0 Å². The molecule has 19 heavy (non-hydrogen) atoms. The van der Waals surface area contributed by atoms with E-state index in [0.29, 0.717) is 24.5 Å². The van der Waals surface area contributed by atoms with Crippen molar-refractivity contribution in [3.05, 3.63) is 22.8 Å². The number of rotatable bonds is 3. The minimum atomic E-state index is -0.956. The summed E-state index contributed by atoms with van der Waals surface area (Å²) in [5.41, 5.74) is 1.80. The zero-order valence-corrected chi connectivity index (χ0v) is 12.3. The summed E-state index contributed by atoms with van der Waals surface area (Å²) in [6.45, 7) is 7.78. The van der Waals surface area contributed by atoms with Gasteiger partial charge >= 0.3 is 5.97 Å². The fraction of sp³-hybridized carbons (Fsp3) is 0.615. The van der Waals surface area contributed by atoms with Gasteiger partial charge in [-0.05, 0) is 13.0 Å². The minimum Gasteiger partial charge on any atom is -0.477 e. The summed E-state index contributed by atoms with van der Waals surface area (Å²) >= 11 is 1.72. The zero-order valence-electron chi connectivity index (χ0n) is 11.5. The Morgan fingerprint density at radius 2 is 2.16 bits per heavy atom. The van der Waals surface area contributed by atoms with Gasteiger partial charge in [-0.2, -0.15) is 0 Å². The van der Waals surface area contributed by atoms with Crippen molar-refractivity contribution >= 4 is 17.7 Å². The maximum atomic E-state index is 11.3. The molecule has 0 aromatic carbocycles. The van der Waals surface area contributed by atoms with Gasteiger partial charge in [0.15, 0.2) is 5.69 Å². The molecule has 0 fully saturated rings. The van der Waals surface area contributed by atoms with Crippen LogP contribution in [0.4, 0.5) is 0 Å². The molecule has 2 heterocycles. The average molecular weight is 281 g/mol. The first kappa shape index (κ1) is 14.3. The third-order valence-electron chi connectivity index (χ3n) is 2.82. The molecule has 0 atom stereocenters. The van der Waals surface area contributed by atoms with Gasteiger partial charge in [0.2, 0.25) is 0 Å². The molecule has 1 aliphatic heterocycles. The summed E-state index contributed by atoms with van der Waals surface area (Å²) in [5.74, 6) is 0.291. The Morgan fingerprint density at radius 3 is 2.79 bits per heavy atom. The topological polar surface area (TPSA) is 75.1 Å². The second kappa shape index (κ2) is 5.46. The van der Waals surface area contributed by atoms with Crippen molar-refractivity contribution in [3.63, 3.8) is 0 Å². The number of aromatic carboxylic acids is 1. The lowest BCUT2D eigenvalue weighted by atomic mass is 10.0. The molecule has 6 heteroatoms. The number of carboxylic acid groups (broad SMARTS) is 1. The first-order chi connectivity index (χ1) is 8.87. The molecular formula is C13H19N3O2S. The summed E-state index contributed by atoms with van der Waals surface area (Å²) in [7, 11) is 0. The second-order valence-electron chi connectivity index (χ2n) is 5.55. The van der Waals surface area contributed by atoms with Gasteiger partial charge in [0.05, 0.1) is 11.4 Å². The molecule has 0 radical (unpaired) electrons. The van der Waals surface area contributed by atoms with E-state index in [1.165, 1.54) is 0 Å². The van der Waals surface area contributed by atoms with Crippen molar-refractivity contribution < 1.29 is 9.90 Å². The largest absolute Gasteiger partial charge is 0.477 e. The van der Waals surface area contributed by atoms with Crippen molar-refractivity contribution in [2.45, 2.75) is 44.2 Å². The normalized spacial score (nSPS) is 15.1. The van der Waals surface area contributed by atoms with Crippen molar-refractivity contribution in [2.24, 2.45) is 0 Å². The lowest BCUT2D eigenvalue weighted by Gasteiger charge is -2.20. The summed E-state index contributed by atoms with van der Waals surface area (Å²) in [5, 5.41) is 12.5. The Labute approximate surface area is 117 Å². The molecular weight excluding hydrogens is 262 g/mol. The van der Waals surface area contributed by atoms with E-state index in [4.69, 9.17) is 0 Å². The molecule has 0 unspecified atom stereocenters. The number of carbonyl (C=O) groups is 1. The maximum Gasteiger partial charge on any atom is 0.354 e. The lowest BCUT2D eigenvalue weighted by Crippen LogP contribution is -2.28. The SMILES string of the molecule is CC(C)(C)SCc1nc2c(c(C(=O)O)n1)CCNC2. The van der Waals surface area contributed by atoms with Crippen LogP contribution < -0.4 is 5.32 Å². The zero-order chi connectivity index (χ0) is 14.0. The van der Waals surface area contributed by atoms with Gasteiger partial charge in [-0.1, -0.05) is 20.8 Å². The highest BCUT2D eigenvalue weighted by atomic mass is 32.2. The number of nitrogens with one attached hydrogen (secondary N) is 1. The average Bonchev–Trinajstić information content (AvgIpc) is 2.34. The highest BCUT2D eigenvalue weighted by molar-refractivity contribution is 7.99. The number of thioether (sulfide) groups is 1. The van der Waals surface area contributed by atoms with E-state index < -0.39 is 5.97 Å². The van der Waals surface area contributed by atoms with E-state index in [1.807, 2.05) is 0 Å². The van der Waals surface area contributed by atoms with E-state index in [-0.39, 0.29) is 10.4 Å². The maximum absolute atomic E-state index is 11.3. The van der Waals surface area contributed by atoms with Crippen LogP contribution in [0, 0.1) is 0 Å². The third kappa shape index (κ3) is 3.67. The van der Waals surface area contributed by atoms with Crippen LogP contribution in [-0.4, -0.2) is 32.3 Å². The first-order valence-corrected chi connectivity index (χ1v) is 7.32. The van der Waals surface area contributed by atoms with Crippen LogP contribution in [0.15, 0.2) is 0 Å². The Balaban J connectivity index is 2.30. The van der Waals surface area contributed by atoms with Crippen molar-refractivity contribution in [1.82, 2.24) is 15.3 Å². The van der Waals surface area contributed by atoms with E-state index >= 15 is 0 Å². The molecule has 1 aliphatic rings. The number of hydrogen-bond acceptors (Lipinski definition) is 5. The molecule has 2 N–H and O–H groups in total. The molecule has 2 rings (SSSR count). The smallest absolute Gasteiger partial charge is 0.354 e. The third-order valence-corrected chi connectivity index (χ3v) is 4.09. The molecule has 0 saturated heterocycles. The van der Waals surface area contributed by atoms with Gasteiger partial charge in [0.1, 0.15) is 5.82 Å². The number of fused-ring (bicyclic) bond motifs is 1. The van der Waals surface area contributed by atoms with E-state index in [2.05, 4.69) is 36.1 Å². The fourth-order valence-corrected chi connectivity index (χ4v) is 2.62. The van der Waals surface area contributed by atoms with Gasteiger partial charge in [0, 0.05) is 16.9 Å². The van der Waals surface area contributed by atoms with Crippen LogP contribution in [0.2, 0.25) is 0 Å². The predicted octanol–water partition coefficient (Wildman–Crippen LogP) is 1.85. The van der Waals surface area contributed by atoms with Crippen molar-refractivity contribution in [1.29, 1.82) is 0 Å². The summed E-state index contributed by atoms with van der Waals surface area (Å²) < 4.78 is 0.112. The predicted molar refractivity (Wildman–Crippen MR) is 75.5 cm³/mol. The minimum absolute atomic E-state index is 0.112. The van der Waals surface area contributed by atoms with Crippen LogP contribution in [0.3, 0.4) is 0 Å². The van der Waals surface area contributed by atoms with Crippen molar-refractivity contribution in [2.75, 3.05) is 6.54 Å². The highest BCUT2D eigenvalue weighted by Gasteiger charge is 2.22.